The molecule has 0 bridgehead atoms. The Morgan fingerprint density at radius 3 is 2.26 bits per heavy atom. The fraction of sp³-hybridized carbons (Fsp3) is 0.600. The molecule has 0 atom stereocenters. The summed E-state index contributed by atoms with van der Waals surface area (Å²) in [4.78, 5) is 31.3. The van der Waals surface area contributed by atoms with Crippen molar-refractivity contribution >= 4 is 23.6 Å². The summed E-state index contributed by atoms with van der Waals surface area (Å²) in [6.07, 6.45) is 3.85. The average molecular weight is 394 g/mol. The van der Waals surface area contributed by atoms with Gasteiger partial charge in [0.1, 0.15) is 5.82 Å². The molecule has 2 aliphatic heterocycles. The van der Waals surface area contributed by atoms with Crippen LogP contribution in [-0.2, 0) is 9.59 Å². The highest BCUT2D eigenvalue weighted by Crippen LogP contribution is 2.22. The molecule has 7 heteroatoms. The SMILES string of the molecule is O=C(CCSc1ccccc1F)N1CCN(CC(=O)N2CCCCC2)CC1. The van der Waals surface area contributed by atoms with Crippen LogP contribution in [0.3, 0.4) is 0 Å². The molecule has 0 aromatic heterocycles. The van der Waals surface area contributed by atoms with E-state index in [1.807, 2.05) is 9.80 Å². The number of hydrogen-bond donors (Lipinski definition) is 0. The number of rotatable bonds is 6. The van der Waals surface area contributed by atoms with E-state index in [4.69, 9.17) is 0 Å². The summed E-state index contributed by atoms with van der Waals surface area (Å²) in [5.41, 5.74) is 0. The van der Waals surface area contributed by atoms with Crippen LogP contribution in [0.1, 0.15) is 25.7 Å². The predicted octanol–water partition coefficient (Wildman–Crippen LogP) is 2.46. The number of nitrogens with zero attached hydrogens (tertiary/aromatic N) is 3. The third-order valence-corrected chi connectivity index (χ3v) is 6.25. The molecule has 27 heavy (non-hydrogen) atoms. The van der Waals surface area contributed by atoms with E-state index in [9.17, 15) is 14.0 Å². The highest BCUT2D eigenvalue weighted by Gasteiger charge is 2.24. The summed E-state index contributed by atoms with van der Waals surface area (Å²) in [5.74, 6) is 0.673. The van der Waals surface area contributed by atoms with Crippen LogP contribution in [0, 0.1) is 5.82 Å². The van der Waals surface area contributed by atoms with Gasteiger partial charge in [0.2, 0.25) is 11.8 Å². The summed E-state index contributed by atoms with van der Waals surface area (Å²) >= 11 is 1.38. The monoisotopic (exact) mass is 393 g/mol. The summed E-state index contributed by atoms with van der Waals surface area (Å²) in [7, 11) is 0. The minimum atomic E-state index is -0.234. The van der Waals surface area contributed by atoms with Crippen molar-refractivity contribution in [3.63, 3.8) is 0 Å². The van der Waals surface area contributed by atoms with Crippen LogP contribution in [0.2, 0.25) is 0 Å². The second-order valence-corrected chi connectivity index (χ2v) is 8.26. The second-order valence-electron chi connectivity index (χ2n) is 7.13. The third-order valence-electron chi connectivity index (χ3n) is 5.20. The number of piperidine rings is 1. The quantitative estimate of drug-likeness (QED) is 0.697. The molecule has 2 aliphatic rings. The van der Waals surface area contributed by atoms with Crippen molar-refractivity contribution in [2.24, 2.45) is 0 Å². The van der Waals surface area contributed by atoms with Gasteiger partial charge in [0.05, 0.1) is 6.54 Å². The largest absolute Gasteiger partial charge is 0.342 e. The third kappa shape index (κ3) is 5.94. The van der Waals surface area contributed by atoms with Crippen LogP contribution in [0.5, 0.6) is 0 Å². The minimum absolute atomic E-state index is 0.112. The molecule has 0 unspecified atom stereocenters. The lowest BCUT2D eigenvalue weighted by Crippen LogP contribution is -2.52. The maximum atomic E-state index is 13.6. The Hall–Kier alpha value is -1.60. The molecule has 2 saturated heterocycles. The normalized spacial score (nSPS) is 18.6. The van der Waals surface area contributed by atoms with E-state index < -0.39 is 0 Å². The van der Waals surface area contributed by atoms with Crippen molar-refractivity contribution in [1.29, 1.82) is 0 Å². The number of piperazine rings is 1. The zero-order valence-corrected chi connectivity index (χ0v) is 16.6. The van der Waals surface area contributed by atoms with Gasteiger partial charge in [-0.15, -0.1) is 11.8 Å². The second kappa shape index (κ2) is 10.1. The summed E-state index contributed by atoms with van der Waals surface area (Å²) in [6.45, 7) is 5.05. The van der Waals surface area contributed by atoms with E-state index in [2.05, 4.69) is 4.90 Å². The van der Waals surface area contributed by atoms with Crippen molar-refractivity contribution in [3.05, 3.63) is 30.1 Å². The van der Waals surface area contributed by atoms with Crippen LogP contribution in [0.25, 0.3) is 0 Å². The molecule has 5 nitrogen and oxygen atoms in total. The number of hydrogen-bond acceptors (Lipinski definition) is 4. The van der Waals surface area contributed by atoms with Crippen LogP contribution in [0.4, 0.5) is 4.39 Å². The topological polar surface area (TPSA) is 43.9 Å². The van der Waals surface area contributed by atoms with Crippen LogP contribution in [0.15, 0.2) is 29.2 Å². The van der Waals surface area contributed by atoms with Gasteiger partial charge in [-0.3, -0.25) is 14.5 Å². The average Bonchev–Trinajstić information content (AvgIpc) is 2.70. The van der Waals surface area contributed by atoms with Gasteiger partial charge in [-0.25, -0.2) is 4.39 Å². The molecule has 2 heterocycles. The van der Waals surface area contributed by atoms with Crippen molar-refractivity contribution in [1.82, 2.24) is 14.7 Å². The van der Waals surface area contributed by atoms with Crippen molar-refractivity contribution in [3.8, 4) is 0 Å². The molecule has 0 spiro atoms. The molecular weight excluding hydrogens is 365 g/mol. The Morgan fingerprint density at radius 1 is 0.889 bits per heavy atom. The van der Waals surface area contributed by atoms with Gasteiger partial charge in [0.15, 0.2) is 0 Å². The number of amides is 2. The number of benzene rings is 1. The van der Waals surface area contributed by atoms with Gasteiger partial charge in [0.25, 0.3) is 0 Å². The minimum Gasteiger partial charge on any atom is -0.342 e. The van der Waals surface area contributed by atoms with Gasteiger partial charge in [-0.2, -0.15) is 0 Å². The highest BCUT2D eigenvalue weighted by molar-refractivity contribution is 7.99. The Balaban J connectivity index is 1.35. The molecule has 1 aromatic rings. The smallest absolute Gasteiger partial charge is 0.236 e. The number of halogens is 1. The van der Waals surface area contributed by atoms with Crippen LogP contribution in [-0.4, -0.2) is 78.1 Å². The van der Waals surface area contributed by atoms with E-state index in [0.717, 1.165) is 39.0 Å². The van der Waals surface area contributed by atoms with Gasteiger partial charge in [0, 0.05) is 56.3 Å². The first-order chi connectivity index (χ1) is 13.1. The van der Waals surface area contributed by atoms with Gasteiger partial charge >= 0.3 is 0 Å². The Kier molecular flexibility index (Phi) is 7.52. The molecule has 2 amide bonds. The highest BCUT2D eigenvalue weighted by atomic mass is 32.2. The standard InChI is InChI=1S/C20H28FN3O2S/c21-17-6-2-3-7-18(17)27-15-8-19(25)24-13-11-22(12-14-24)16-20(26)23-9-4-1-5-10-23/h2-3,6-7H,1,4-5,8-16H2. The summed E-state index contributed by atoms with van der Waals surface area (Å²) in [6, 6.07) is 6.65. The molecule has 148 valence electrons. The van der Waals surface area contributed by atoms with E-state index in [0.29, 0.717) is 36.7 Å². The first-order valence-corrected chi connectivity index (χ1v) is 10.8. The molecule has 2 fully saturated rings. The lowest BCUT2D eigenvalue weighted by atomic mass is 10.1. The maximum absolute atomic E-state index is 13.6. The summed E-state index contributed by atoms with van der Waals surface area (Å²) < 4.78 is 13.6. The predicted molar refractivity (Wildman–Crippen MR) is 105 cm³/mol. The van der Waals surface area contributed by atoms with E-state index >= 15 is 0 Å². The van der Waals surface area contributed by atoms with Crippen molar-refractivity contribution < 1.29 is 14.0 Å². The van der Waals surface area contributed by atoms with Crippen LogP contribution < -0.4 is 0 Å². The molecule has 3 rings (SSSR count). The van der Waals surface area contributed by atoms with Gasteiger partial charge < -0.3 is 9.80 Å². The molecular formula is C20H28FN3O2S. The fourth-order valence-electron chi connectivity index (χ4n) is 3.56. The summed E-state index contributed by atoms with van der Waals surface area (Å²) in [5, 5.41) is 0. The van der Waals surface area contributed by atoms with E-state index in [1.54, 1.807) is 18.2 Å². The molecule has 0 radical (unpaired) electrons. The van der Waals surface area contributed by atoms with Crippen molar-refractivity contribution in [2.45, 2.75) is 30.6 Å². The van der Waals surface area contributed by atoms with Gasteiger partial charge in [-0.05, 0) is 31.4 Å². The first kappa shape index (κ1) is 20.1. The Morgan fingerprint density at radius 2 is 1.56 bits per heavy atom. The van der Waals surface area contributed by atoms with Crippen molar-refractivity contribution in [2.75, 3.05) is 51.6 Å². The zero-order valence-electron chi connectivity index (χ0n) is 15.7. The lowest BCUT2D eigenvalue weighted by Gasteiger charge is -2.36. The molecule has 0 aliphatic carbocycles. The molecule has 0 N–H and O–H groups in total. The van der Waals surface area contributed by atoms with Crippen LogP contribution >= 0.6 is 11.8 Å². The fourth-order valence-corrected chi connectivity index (χ4v) is 4.44. The number of likely N-dealkylation sites (tertiary alicyclic amines) is 1. The first-order valence-electron chi connectivity index (χ1n) is 9.79. The zero-order chi connectivity index (χ0) is 19.1. The molecule has 1 aromatic carbocycles. The molecule has 0 saturated carbocycles. The lowest BCUT2D eigenvalue weighted by molar-refractivity contribution is -0.135. The van der Waals surface area contributed by atoms with E-state index in [1.165, 1.54) is 24.2 Å². The van der Waals surface area contributed by atoms with Gasteiger partial charge in [-0.1, -0.05) is 12.1 Å². The number of carbonyl (C=O) groups excluding carboxylic acids is 2. The maximum Gasteiger partial charge on any atom is 0.236 e. The Bertz CT molecular complexity index is 644. The number of carbonyl (C=O) groups is 2. The number of thioether (sulfide) groups is 1. The Labute approximate surface area is 164 Å². The van der Waals surface area contributed by atoms with E-state index in [-0.39, 0.29) is 17.6 Å².